The average Bonchev–Trinajstić information content (AvgIpc) is 3.05. The smallest absolute Gasteiger partial charge is 0.317 e. The van der Waals surface area contributed by atoms with Gasteiger partial charge in [-0.1, -0.05) is 0 Å². The van der Waals surface area contributed by atoms with Crippen molar-refractivity contribution in [1.82, 2.24) is 20.1 Å². The molecule has 0 spiro atoms. The molecular formula is C17H25FN4O. The predicted octanol–water partition coefficient (Wildman–Crippen LogP) is 2.09. The standard InChI is InChI=1S/C17H25FN4O/c1-19-17(23)22-8-4-13(5-9-22)14-3-7-21(11-14)12-15-2-6-20-10-16(15)18/h2,6,10,13-14H,3-5,7-9,11-12H2,1H3,(H,19,23). The number of hydrogen-bond donors (Lipinski definition) is 1. The molecule has 1 N–H and O–H groups in total. The van der Waals surface area contributed by atoms with Crippen LogP contribution in [0.3, 0.4) is 0 Å². The lowest BCUT2D eigenvalue weighted by Crippen LogP contribution is -2.44. The summed E-state index contributed by atoms with van der Waals surface area (Å²) in [7, 11) is 1.68. The van der Waals surface area contributed by atoms with Crippen molar-refractivity contribution in [3.05, 3.63) is 29.8 Å². The van der Waals surface area contributed by atoms with Gasteiger partial charge in [-0.15, -0.1) is 0 Å². The fraction of sp³-hybridized carbons (Fsp3) is 0.647. The number of amides is 2. The van der Waals surface area contributed by atoms with Crippen LogP contribution in [-0.4, -0.2) is 54.0 Å². The van der Waals surface area contributed by atoms with Gasteiger partial charge in [-0.3, -0.25) is 9.88 Å². The molecule has 0 saturated carbocycles. The molecule has 1 atom stereocenters. The Balaban J connectivity index is 1.49. The van der Waals surface area contributed by atoms with Crippen LogP contribution in [0.5, 0.6) is 0 Å². The van der Waals surface area contributed by atoms with E-state index in [0.29, 0.717) is 18.4 Å². The van der Waals surface area contributed by atoms with Crippen molar-refractivity contribution in [2.24, 2.45) is 11.8 Å². The van der Waals surface area contributed by atoms with E-state index in [1.807, 2.05) is 4.90 Å². The van der Waals surface area contributed by atoms with Crippen LogP contribution >= 0.6 is 0 Å². The van der Waals surface area contributed by atoms with Gasteiger partial charge in [0, 0.05) is 45.0 Å². The minimum Gasteiger partial charge on any atom is -0.341 e. The zero-order valence-electron chi connectivity index (χ0n) is 13.7. The molecule has 2 saturated heterocycles. The van der Waals surface area contributed by atoms with Gasteiger partial charge in [0.15, 0.2) is 0 Å². The summed E-state index contributed by atoms with van der Waals surface area (Å²) in [4.78, 5) is 19.7. The van der Waals surface area contributed by atoms with Crippen LogP contribution < -0.4 is 5.32 Å². The number of halogens is 1. The number of carbonyl (C=O) groups excluding carboxylic acids is 1. The summed E-state index contributed by atoms with van der Waals surface area (Å²) in [6.07, 6.45) is 6.28. The van der Waals surface area contributed by atoms with Crippen LogP contribution in [0.25, 0.3) is 0 Å². The Morgan fingerprint density at radius 3 is 2.74 bits per heavy atom. The highest BCUT2D eigenvalue weighted by atomic mass is 19.1. The van der Waals surface area contributed by atoms with Gasteiger partial charge in [0.2, 0.25) is 0 Å². The molecule has 3 heterocycles. The minimum absolute atomic E-state index is 0.0321. The van der Waals surface area contributed by atoms with Gasteiger partial charge >= 0.3 is 6.03 Å². The normalized spacial score (nSPS) is 23.2. The summed E-state index contributed by atoms with van der Waals surface area (Å²) >= 11 is 0. The van der Waals surface area contributed by atoms with Crippen molar-refractivity contribution in [1.29, 1.82) is 0 Å². The first-order valence-corrected chi connectivity index (χ1v) is 8.44. The second kappa shape index (κ2) is 7.25. The number of rotatable bonds is 3. The maximum absolute atomic E-state index is 13.7. The molecule has 0 aliphatic carbocycles. The summed E-state index contributed by atoms with van der Waals surface area (Å²) in [5.74, 6) is 1.14. The first-order chi connectivity index (χ1) is 11.2. The Morgan fingerprint density at radius 1 is 1.30 bits per heavy atom. The van der Waals surface area contributed by atoms with Crippen molar-refractivity contribution >= 4 is 6.03 Å². The predicted molar refractivity (Wildman–Crippen MR) is 86.3 cm³/mol. The molecule has 3 rings (SSSR count). The third kappa shape index (κ3) is 3.80. The largest absolute Gasteiger partial charge is 0.341 e. The SMILES string of the molecule is CNC(=O)N1CCC(C2CCN(Cc3ccncc3F)C2)CC1. The number of likely N-dealkylation sites (tertiary alicyclic amines) is 2. The van der Waals surface area contributed by atoms with Gasteiger partial charge in [0.25, 0.3) is 0 Å². The molecular weight excluding hydrogens is 295 g/mol. The van der Waals surface area contributed by atoms with Crippen molar-refractivity contribution in [2.45, 2.75) is 25.8 Å². The van der Waals surface area contributed by atoms with E-state index in [9.17, 15) is 9.18 Å². The Kier molecular flexibility index (Phi) is 5.10. The number of nitrogens with zero attached hydrogens (tertiary/aromatic N) is 3. The lowest BCUT2D eigenvalue weighted by molar-refractivity contribution is 0.150. The van der Waals surface area contributed by atoms with E-state index < -0.39 is 0 Å². The Labute approximate surface area is 136 Å². The Morgan fingerprint density at radius 2 is 2.04 bits per heavy atom. The molecule has 0 aromatic carbocycles. The zero-order valence-corrected chi connectivity index (χ0v) is 13.7. The van der Waals surface area contributed by atoms with Gasteiger partial charge < -0.3 is 10.2 Å². The highest BCUT2D eigenvalue weighted by Crippen LogP contribution is 2.32. The Hall–Kier alpha value is -1.69. The molecule has 5 nitrogen and oxygen atoms in total. The third-order valence-corrected chi connectivity index (χ3v) is 5.27. The quantitative estimate of drug-likeness (QED) is 0.928. The zero-order chi connectivity index (χ0) is 16.2. The fourth-order valence-electron chi connectivity index (χ4n) is 3.90. The molecule has 2 aliphatic heterocycles. The number of nitrogens with one attached hydrogen (secondary N) is 1. The number of piperidine rings is 1. The van der Waals surface area contributed by atoms with Crippen molar-refractivity contribution in [3.63, 3.8) is 0 Å². The van der Waals surface area contributed by atoms with Gasteiger partial charge in [-0.25, -0.2) is 9.18 Å². The van der Waals surface area contributed by atoms with E-state index in [2.05, 4.69) is 15.2 Å². The Bertz CT molecular complexity index is 545. The number of carbonyl (C=O) groups is 1. The van der Waals surface area contributed by atoms with E-state index in [0.717, 1.165) is 44.6 Å². The van der Waals surface area contributed by atoms with Gasteiger partial charge in [0.1, 0.15) is 5.82 Å². The van der Waals surface area contributed by atoms with Crippen LogP contribution in [0, 0.1) is 17.7 Å². The maximum atomic E-state index is 13.7. The molecule has 0 radical (unpaired) electrons. The number of aromatic nitrogens is 1. The van der Waals surface area contributed by atoms with Gasteiger partial charge in [0.05, 0.1) is 6.20 Å². The van der Waals surface area contributed by atoms with Crippen LogP contribution in [0.2, 0.25) is 0 Å². The molecule has 2 fully saturated rings. The average molecular weight is 320 g/mol. The topological polar surface area (TPSA) is 48.5 Å². The molecule has 6 heteroatoms. The van der Waals surface area contributed by atoms with Crippen LogP contribution in [-0.2, 0) is 6.54 Å². The monoisotopic (exact) mass is 320 g/mol. The van der Waals surface area contributed by atoms with Crippen molar-refractivity contribution in [3.8, 4) is 0 Å². The summed E-state index contributed by atoms with van der Waals surface area (Å²) < 4.78 is 13.7. The molecule has 2 amide bonds. The van der Waals surface area contributed by atoms with E-state index >= 15 is 0 Å². The highest BCUT2D eigenvalue weighted by molar-refractivity contribution is 5.73. The number of hydrogen-bond acceptors (Lipinski definition) is 3. The molecule has 1 aromatic rings. The summed E-state index contributed by atoms with van der Waals surface area (Å²) in [6.45, 7) is 4.43. The fourth-order valence-corrected chi connectivity index (χ4v) is 3.90. The minimum atomic E-state index is -0.213. The molecule has 0 bridgehead atoms. The first kappa shape index (κ1) is 16.2. The van der Waals surface area contributed by atoms with Crippen LogP contribution in [0.15, 0.2) is 18.5 Å². The second-order valence-corrected chi connectivity index (χ2v) is 6.63. The molecule has 126 valence electrons. The lowest BCUT2D eigenvalue weighted by Gasteiger charge is -2.34. The van der Waals surface area contributed by atoms with Crippen LogP contribution in [0.4, 0.5) is 9.18 Å². The molecule has 2 aliphatic rings. The number of pyridine rings is 1. The lowest BCUT2D eigenvalue weighted by atomic mass is 9.84. The van der Waals surface area contributed by atoms with Crippen molar-refractivity contribution in [2.75, 3.05) is 33.2 Å². The van der Waals surface area contributed by atoms with E-state index in [-0.39, 0.29) is 11.8 Å². The first-order valence-electron chi connectivity index (χ1n) is 8.44. The summed E-state index contributed by atoms with van der Waals surface area (Å²) in [6, 6.07) is 1.80. The molecule has 1 unspecified atom stereocenters. The number of urea groups is 1. The van der Waals surface area contributed by atoms with Crippen molar-refractivity contribution < 1.29 is 9.18 Å². The van der Waals surface area contributed by atoms with E-state index in [1.54, 1.807) is 19.3 Å². The summed E-state index contributed by atoms with van der Waals surface area (Å²) in [5, 5.41) is 2.70. The van der Waals surface area contributed by atoms with Crippen LogP contribution in [0.1, 0.15) is 24.8 Å². The van der Waals surface area contributed by atoms with Gasteiger partial charge in [-0.05, 0) is 43.7 Å². The summed E-state index contributed by atoms with van der Waals surface area (Å²) in [5.41, 5.74) is 0.732. The van der Waals surface area contributed by atoms with Gasteiger partial charge in [-0.2, -0.15) is 0 Å². The van der Waals surface area contributed by atoms with E-state index in [1.165, 1.54) is 12.6 Å². The highest BCUT2D eigenvalue weighted by Gasteiger charge is 2.32. The molecule has 1 aromatic heterocycles. The second-order valence-electron chi connectivity index (χ2n) is 6.63. The maximum Gasteiger partial charge on any atom is 0.317 e. The molecule has 23 heavy (non-hydrogen) atoms. The van der Waals surface area contributed by atoms with E-state index in [4.69, 9.17) is 0 Å². The third-order valence-electron chi connectivity index (χ3n) is 5.27.